The van der Waals surface area contributed by atoms with Crippen molar-refractivity contribution in [1.29, 1.82) is 0 Å². The highest BCUT2D eigenvalue weighted by atomic mass is 32.2. The van der Waals surface area contributed by atoms with Crippen LogP contribution in [0.3, 0.4) is 0 Å². The van der Waals surface area contributed by atoms with Gasteiger partial charge in [-0.3, -0.25) is 0 Å². The van der Waals surface area contributed by atoms with Gasteiger partial charge in [-0.05, 0) is 53.8 Å². The van der Waals surface area contributed by atoms with Gasteiger partial charge in [-0.2, -0.15) is 5.10 Å². The van der Waals surface area contributed by atoms with Crippen LogP contribution in [-0.4, -0.2) is 44.3 Å². The van der Waals surface area contributed by atoms with E-state index in [4.69, 9.17) is 0 Å². The van der Waals surface area contributed by atoms with Gasteiger partial charge < -0.3 is 9.64 Å². The minimum atomic E-state index is -4.74. The molecule has 41 heavy (non-hydrogen) atoms. The molecule has 0 amide bonds. The fourth-order valence-corrected chi connectivity index (χ4v) is 5.51. The SMILES string of the molecule is CC1CS/C(=N\N=C\c2ccc(-c3ncn(-c4ccc(OC(F)(F)F)cc4)n3)cc2)N1c1ccccc1C(C)(C)C. The molecule has 11 heteroatoms. The third-order valence-corrected chi connectivity index (χ3v) is 7.60. The highest BCUT2D eigenvalue weighted by Crippen LogP contribution is 2.37. The molecule has 1 fully saturated rings. The monoisotopic (exact) mass is 578 g/mol. The van der Waals surface area contributed by atoms with Crippen molar-refractivity contribution in [3.63, 3.8) is 0 Å². The summed E-state index contributed by atoms with van der Waals surface area (Å²) in [6.45, 7) is 8.84. The van der Waals surface area contributed by atoms with Gasteiger partial charge in [0.1, 0.15) is 12.1 Å². The molecule has 0 radical (unpaired) electrons. The Morgan fingerprint density at radius 2 is 1.68 bits per heavy atom. The Morgan fingerprint density at radius 1 is 0.976 bits per heavy atom. The van der Waals surface area contributed by atoms with Crippen LogP contribution in [0.15, 0.2) is 89.3 Å². The summed E-state index contributed by atoms with van der Waals surface area (Å²) in [7, 11) is 0. The first-order chi connectivity index (χ1) is 19.5. The van der Waals surface area contributed by atoms with E-state index in [2.05, 4.69) is 81.9 Å². The number of thioether (sulfide) groups is 1. The van der Waals surface area contributed by atoms with E-state index in [0.29, 0.717) is 17.6 Å². The van der Waals surface area contributed by atoms with Crippen LogP contribution >= 0.6 is 11.8 Å². The van der Waals surface area contributed by atoms with Crippen molar-refractivity contribution in [2.45, 2.75) is 45.5 Å². The molecule has 1 aliphatic heterocycles. The molecule has 1 unspecified atom stereocenters. The van der Waals surface area contributed by atoms with E-state index < -0.39 is 6.36 Å². The molecule has 1 aliphatic rings. The molecular formula is C30H29F3N6OS. The number of hydrogen-bond donors (Lipinski definition) is 0. The maximum absolute atomic E-state index is 12.4. The van der Waals surface area contributed by atoms with Crippen molar-refractivity contribution in [1.82, 2.24) is 14.8 Å². The number of amidine groups is 1. The summed E-state index contributed by atoms with van der Waals surface area (Å²) in [6.07, 6.45) is -1.52. The largest absolute Gasteiger partial charge is 0.573 e. The number of para-hydroxylation sites is 1. The van der Waals surface area contributed by atoms with Gasteiger partial charge >= 0.3 is 6.36 Å². The van der Waals surface area contributed by atoms with Crippen LogP contribution in [-0.2, 0) is 5.41 Å². The molecule has 0 spiro atoms. The molecule has 1 atom stereocenters. The van der Waals surface area contributed by atoms with Crippen LogP contribution in [0.1, 0.15) is 38.8 Å². The van der Waals surface area contributed by atoms with E-state index in [1.807, 2.05) is 24.3 Å². The first kappa shape index (κ1) is 28.4. The van der Waals surface area contributed by atoms with Crippen LogP contribution in [0.4, 0.5) is 18.9 Å². The number of halogens is 3. The summed E-state index contributed by atoms with van der Waals surface area (Å²) >= 11 is 1.70. The van der Waals surface area contributed by atoms with Crippen molar-refractivity contribution < 1.29 is 17.9 Å². The van der Waals surface area contributed by atoms with E-state index in [0.717, 1.165) is 27.7 Å². The zero-order valence-electron chi connectivity index (χ0n) is 23.0. The average molecular weight is 579 g/mol. The highest BCUT2D eigenvalue weighted by molar-refractivity contribution is 8.14. The van der Waals surface area contributed by atoms with Gasteiger partial charge in [0, 0.05) is 23.0 Å². The van der Waals surface area contributed by atoms with E-state index in [-0.39, 0.29) is 11.2 Å². The molecule has 212 valence electrons. The quantitative estimate of drug-likeness (QED) is 0.176. The second-order valence-electron chi connectivity index (χ2n) is 10.6. The third kappa shape index (κ3) is 6.79. The summed E-state index contributed by atoms with van der Waals surface area (Å²) in [6, 6.07) is 21.7. The lowest BCUT2D eigenvalue weighted by Crippen LogP contribution is -2.33. The first-order valence-corrected chi connectivity index (χ1v) is 14.0. The zero-order valence-corrected chi connectivity index (χ0v) is 23.8. The molecule has 5 rings (SSSR count). The molecule has 0 saturated carbocycles. The molecule has 4 aromatic rings. The minimum Gasteiger partial charge on any atom is -0.406 e. The number of ether oxygens (including phenoxy) is 1. The summed E-state index contributed by atoms with van der Waals surface area (Å²) in [5.74, 6) is 1.12. The minimum absolute atomic E-state index is 0.000564. The number of benzene rings is 3. The number of rotatable bonds is 6. The Bertz CT molecular complexity index is 1560. The van der Waals surface area contributed by atoms with E-state index in [9.17, 15) is 13.2 Å². The number of anilines is 1. The first-order valence-electron chi connectivity index (χ1n) is 13.0. The fourth-order valence-electron chi connectivity index (χ4n) is 4.45. The number of nitrogens with zero attached hydrogens (tertiary/aromatic N) is 6. The van der Waals surface area contributed by atoms with Crippen molar-refractivity contribution in [2.75, 3.05) is 10.7 Å². The van der Waals surface area contributed by atoms with Gasteiger partial charge in [0.2, 0.25) is 0 Å². The lowest BCUT2D eigenvalue weighted by molar-refractivity contribution is -0.274. The van der Waals surface area contributed by atoms with Crippen LogP contribution < -0.4 is 9.64 Å². The molecule has 1 saturated heterocycles. The third-order valence-electron chi connectivity index (χ3n) is 6.42. The molecular weight excluding hydrogens is 549 g/mol. The van der Waals surface area contributed by atoms with Gasteiger partial charge in [-0.15, -0.1) is 23.4 Å². The second kappa shape index (κ2) is 11.4. The van der Waals surface area contributed by atoms with Gasteiger partial charge in [0.25, 0.3) is 0 Å². The molecule has 2 heterocycles. The Morgan fingerprint density at radius 3 is 2.37 bits per heavy atom. The summed E-state index contributed by atoms with van der Waals surface area (Å²) in [4.78, 5) is 6.60. The summed E-state index contributed by atoms with van der Waals surface area (Å²) in [5, 5.41) is 14.3. The van der Waals surface area contributed by atoms with Crippen LogP contribution in [0, 0.1) is 0 Å². The van der Waals surface area contributed by atoms with Gasteiger partial charge in [0.15, 0.2) is 11.0 Å². The Hall–Kier alpha value is -4.12. The maximum atomic E-state index is 12.4. The summed E-state index contributed by atoms with van der Waals surface area (Å²) < 4.78 is 42.6. The highest BCUT2D eigenvalue weighted by Gasteiger charge is 2.32. The normalized spacial score (nSPS) is 17.1. The lowest BCUT2D eigenvalue weighted by Gasteiger charge is -2.30. The van der Waals surface area contributed by atoms with Crippen molar-refractivity contribution in [3.05, 3.63) is 90.3 Å². The fraction of sp³-hybridized carbons (Fsp3) is 0.267. The smallest absolute Gasteiger partial charge is 0.406 e. The number of aromatic nitrogens is 3. The van der Waals surface area contributed by atoms with Crippen LogP contribution in [0.25, 0.3) is 17.1 Å². The standard InChI is InChI=1S/C30H29F3N6OS/c1-20-18-41-28(39(20)26-8-6-5-7-25(26)29(2,3)4)36-35-17-21-9-11-22(12-10-21)27-34-19-38(37-27)23-13-15-24(16-14-23)40-30(31,32)33/h5-17,19-20H,18H2,1-4H3/b35-17+,36-28-. The second-order valence-corrected chi connectivity index (χ2v) is 11.6. The van der Waals surface area contributed by atoms with Gasteiger partial charge in [-0.1, -0.05) is 75.0 Å². The van der Waals surface area contributed by atoms with Crippen molar-refractivity contribution >= 4 is 28.8 Å². The predicted molar refractivity (Wildman–Crippen MR) is 158 cm³/mol. The Balaban J connectivity index is 1.28. The Kier molecular flexibility index (Phi) is 7.90. The number of alkyl halides is 3. The predicted octanol–water partition coefficient (Wildman–Crippen LogP) is 7.46. The topological polar surface area (TPSA) is 67.9 Å². The summed E-state index contributed by atoms with van der Waals surface area (Å²) in [5.41, 5.74) is 4.64. The Labute approximate surface area is 240 Å². The maximum Gasteiger partial charge on any atom is 0.573 e. The number of hydrogen-bond acceptors (Lipinski definition) is 6. The molecule has 1 aromatic heterocycles. The van der Waals surface area contributed by atoms with Crippen molar-refractivity contribution in [3.8, 4) is 22.8 Å². The molecule has 0 bridgehead atoms. The van der Waals surface area contributed by atoms with Crippen LogP contribution in [0.2, 0.25) is 0 Å². The van der Waals surface area contributed by atoms with E-state index in [1.165, 1.54) is 40.8 Å². The van der Waals surface area contributed by atoms with Crippen LogP contribution in [0.5, 0.6) is 5.75 Å². The van der Waals surface area contributed by atoms with Gasteiger partial charge in [-0.25, -0.2) is 9.67 Å². The lowest BCUT2D eigenvalue weighted by atomic mass is 9.85. The molecule has 3 aromatic carbocycles. The van der Waals surface area contributed by atoms with E-state index in [1.54, 1.807) is 18.0 Å². The molecule has 0 N–H and O–H groups in total. The van der Waals surface area contributed by atoms with E-state index >= 15 is 0 Å². The molecule has 7 nitrogen and oxygen atoms in total. The molecule has 0 aliphatic carbocycles. The average Bonchev–Trinajstić information content (AvgIpc) is 3.55. The zero-order chi connectivity index (χ0) is 29.2. The van der Waals surface area contributed by atoms with Gasteiger partial charge in [0.05, 0.1) is 11.9 Å². The van der Waals surface area contributed by atoms with Crippen molar-refractivity contribution in [2.24, 2.45) is 10.2 Å².